The summed E-state index contributed by atoms with van der Waals surface area (Å²) in [6.07, 6.45) is 4.03. The molecule has 0 saturated carbocycles. The minimum absolute atomic E-state index is 0.0216. The van der Waals surface area contributed by atoms with Crippen LogP contribution in [0.25, 0.3) is 4.96 Å². The molecule has 0 bridgehead atoms. The number of amides is 1. The highest BCUT2D eigenvalue weighted by molar-refractivity contribution is 7.91. The zero-order valence-electron chi connectivity index (χ0n) is 13.4. The number of rotatable bonds is 4. The predicted molar refractivity (Wildman–Crippen MR) is 96.4 cm³/mol. The van der Waals surface area contributed by atoms with Crippen LogP contribution >= 0.6 is 11.3 Å². The molecule has 1 amide bonds. The van der Waals surface area contributed by atoms with Gasteiger partial charge in [-0.3, -0.25) is 9.20 Å². The fraction of sp³-hybridized carbons (Fsp3) is 0.294. The number of thiazole rings is 1. The first kappa shape index (κ1) is 16.3. The van der Waals surface area contributed by atoms with E-state index >= 15 is 0 Å². The van der Waals surface area contributed by atoms with Crippen molar-refractivity contribution in [2.24, 2.45) is 0 Å². The molecule has 1 saturated heterocycles. The lowest BCUT2D eigenvalue weighted by atomic mass is 10.1. The first-order chi connectivity index (χ1) is 12.0. The molecule has 0 aliphatic carbocycles. The Hall–Kier alpha value is -2.19. The highest BCUT2D eigenvalue weighted by Gasteiger charge is 2.35. The predicted octanol–water partition coefficient (Wildman–Crippen LogP) is 2.23. The van der Waals surface area contributed by atoms with Gasteiger partial charge in [-0.2, -0.15) is 0 Å². The molecule has 3 heterocycles. The van der Waals surface area contributed by atoms with Gasteiger partial charge in [0, 0.05) is 30.4 Å². The molecule has 1 aromatic carbocycles. The van der Waals surface area contributed by atoms with E-state index in [1.807, 2.05) is 46.3 Å². The maximum Gasteiger partial charge on any atom is 0.274 e. The summed E-state index contributed by atoms with van der Waals surface area (Å²) in [5.74, 6) is -0.0654. The van der Waals surface area contributed by atoms with Crippen LogP contribution in [0.2, 0.25) is 0 Å². The molecular formula is C17H17N3O3S2. The molecule has 25 heavy (non-hydrogen) atoms. The Morgan fingerprint density at radius 2 is 2.12 bits per heavy atom. The molecule has 8 heteroatoms. The van der Waals surface area contributed by atoms with Gasteiger partial charge in [-0.1, -0.05) is 30.3 Å². The van der Waals surface area contributed by atoms with Gasteiger partial charge in [-0.05, 0) is 12.0 Å². The van der Waals surface area contributed by atoms with Crippen molar-refractivity contribution in [3.8, 4) is 0 Å². The summed E-state index contributed by atoms with van der Waals surface area (Å²) < 4.78 is 25.6. The second kappa shape index (κ2) is 6.27. The molecule has 0 spiro atoms. The third-order valence-electron chi connectivity index (χ3n) is 4.42. The summed E-state index contributed by atoms with van der Waals surface area (Å²) in [5, 5.41) is 1.90. The number of sulfone groups is 1. The van der Waals surface area contributed by atoms with Crippen LogP contribution in [0.4, 0.5) is 0 Å². The third kappa shape index (κ3) is 3.32. The van der Waals surface area contributed by atoms with Crippen molar-refractivity contribution in [1.29, 1.82) is 0 Å². The number of nitrogens with zero attached hydrogens (tertiary/aromatic N) is 3. The number of hydrogen-bond acceptors (Lipinski definition) is 5. The van der Waals surface area contributed by atoms with E-state index in [0.717, 1.165) is 10.5 Å². The molecule has 6 nitrogen and oxygen atoms in total. The lowest BCUT2D eigenvalue weighted by Crippen LogP contribution is -2.40. The van der Waals surface area contributed by atoms with Crippen molar-refractivity contribution in [3.63, 3.8) is 0 Å². The summed E-state index contributed by atoms with van der Waals surface area (Å²) >= 11 is 1.46. The van der Waals surface area contributed by atoms with E-state index in [1.165, 1.54) is 11.3 Å². The molecule has 0 radical (unpaired) electrons. The quantitative estimate of drug-likeness (QED) is 0.701. The van der Waals surface area contributed by atoms with E-state index in [4.69, 9.17) is 0 Å². The van der Waals surface area contributed by atoms with Crippen LogP contribution in [0.5, 0.6) is 0 Å². The monoisotopic (exact) mass is 375 g/mol. The van der Waals surface area contributed by atoms with E-state index in [0.29, 0.717) is 18.7 Å². The number of hydrogen-bond donors (Lipinski definition) is 0. The smallest absolute Gasteiger partial charge is 0.274 e. The minimum atomic E-state index is -3.08. The topological polar surface area (TPSA) is 71.8 Å². The highest BCUT2D eigenvalue weighted by Crippen LogP contribution is 2.23. The molecular weight excluding hydrogens is 358 g/mol. The Morgan fingerprint density at radius 3 is 2.80 bits per heavy atom. The Kier molecular flexibility index (Phi) is 4.09. The molecule has 1 aliphatic heterocycles. The summed E-state index contributed by atoms with van der Waals surface area (Å²) in [7, 11) is -3.08. The number of carbonyl (C=O) groups excluding carboxylic acids is 1. The van der Waals surface area contributed by atoms with Gasteiger partial charge in [-0.15, -0.1) is 11.3 Å². The number of imidazole rings is 1. The average Bonchev–Trinajstić information content (AvgIpc) is 3.27. The number of aromatic nitrogens is 2. The lowest BCUT2D eigenvalue weighted by molar-refractivity contribution is 0.0675. The maximum absolute atomic E-state index is 13.1. The van der Waals surface area contributed by atoms with E-state index < -0.39 is 9.84 Å². The second-order valence-electron chi connectivity index (χ2n) is 6.19. The zero-order valence-corrected chi connectivity index (χ0v) is 15.0. The van der Waals surface area contributed by atoms with Crippen LogP contribution in [-0.2, 0) is 16.4 Å². The minimum Gasteiger partial charge on any atom is -0.329 e. The molecule has 0 N–H and O–H groups in total. The summed E-state index contributed by atoms with van der Waals surface area (Å²) in [4.78, 5) is 19.9. The Labute approximate surface area is 149 Å². The van der Waals surface area contributed by atoms with Crippen LogP contribution in [-0.4, -0.2) is 46.2 Å². The summed E-state index contributed by atoms with van der Waals surface area (Å²) in [6.45, 7) is 0.380. The Bertz CT molecular complexity index is 980. The molecule has 2 aromatic heterocycles. The van der Waals surface area contributed by atoms with Crippen molar-refractivity contribution < 1.29 is 13.2 Å². The zero-order chi connectivity index (χ0) is 17.4. The van der Waals surface area contributed by atoms with Gasteiger partial charge < -0.3 is 4.90 Å². The molecule has 4 rings (SSSR count). The SMILES string of the molecule is O=C(c1cn2ccsc2n1)N(Cc1ccccc1)[C@H]1CCS(=O)(=O)C1. The fourth-order valence-electron chi connectivity index (χ4n) is 3.15. The number of benzene rings is 1. The number of fused-ring (bicyclic) bond motifs is 1. The second-order valence-corrected chi connectivity index (χ2v) is 9.30. The molecule has 130 valence electrons. The van der Waals surface area contributed by atoms with Crippen LogP contribution in [0.1, 0.15) is 22.5 Å². The first-order valence-electron chi connectivity index (χ1n) is 7.99. The maximum atomic E-state index is 13.1. The third-order valence-corrected chi connectivity index (χ3v) is 6.94. The molecule has 1 fully saturated rings. The van der Waals surface area contributed by atoms with Crippen molar-refractivity contribution in [1.82, 2.24) is 14.3 Å². The standard InChI is InChI=1S/C17H17N3O3S2/c21-16(15-11-19-7-8-24-17(19)18-15)20(10-13-4-2-1-3-5-13)14-6-9-25(22,23)12-14/h1-5,7-8,11,14H,6,9-10,12H2/t14-/m0/s1. The van der Waals surface area contributed by atoms with E-state index in [2.05, 4.69) is 4.98 Å². The van der Waals surface area contributed by atoms with Crippen LogP contribution in [0.3, 0.4) is 0 Å². The highest BCUT2D eigenvalue weighted by atomic mass is 32.2. The summed E-state index contributed by atoms with van der Waals surface area (Å²) in [6, 6.07) is 9.31. The van der Waals surface area contributed by atoms with Crippen molar-refractivity contribution >= 4 is 32.0 Å². The van der Waals surface area contributed by atoms with Crippen molar-refractivity contribution in [3.05, 3.63) is 59.4 Å². The lowest BCUT2D eigenvalue weighted by Gasteiger charge is -2.27. The van der Waals surface area contributed by atoms with Gasteiger partial charge in [0.2, 0.25) is 0 Å². The van der Waals surface area contributed by atoms with E-state index in [9.17, 15) is 13.2 Å². The Morgan fingerprint density at radius 1 is 1.32 bits per heavy atom. The van der Waals surface area contributed by atoms with Crippen LogP contribution in [0, 0.1) is 0 Å². The fourth-order valence-corrected chi connectivity index (χ4v) is 5.58. The van der Waals surface area contributed by atoms with E-state index in [1.54, 1.807) is 11.1 Å². The Balaban J connectivity index is 1.66. The largest absolute Gasteiger partial charge is 0.329 e. The van der Waals surface area contributed by atoms with Gasteiger partial charge in [0.1, 0.15) is 5.69 Å². The summed E-state index contributed by atoms with van der Waals surface area (Å²) in [5.41, 5.74) is 1.33. The van der Waals surface area contributed by atoms with Gasteiger partial charge in [0.25, 0.3) is 5.91 Å². The molecule has 1 atom stereocenters. The first-order valence-corrected chi connectivity index (χ1v) is 10.7. The van der Waals surface area contributed by atoms with Gasteiger partial charge in [-0.25, -0.2) is 13.4 Å². The van der Waals surface area contributed by atoms with Gasteiger partial charge >= 0.3 is 0 Å². The molecule has 3 aromatic rings. The van der Waals surface area contributed by atoms with Gasteiger partial charge in [0.05, 0.1) is 11.5 Å². The van der Waals surface area contributed by atoms with Gasteiger partial charge in [0.15, 0.2) is 14.8 Å². The average molecular weight is 375 g/mol. The van der Waals surface area contributed by atoms with Crippen molar-refractivity contribution in [2.75, 3.05) is 11.5 Å². The molecule has 0 unspecified atom stereocenters. The normalized spacial score (nSPS) is 19.3. The van der Waals surface area contributed by atoms with Crippen LogP contribution < -0.4 is 0 Å². The van der Waals surface area contributed by atoms with Crippen LogP contribution in [0.15, 0.2) is 48.1 Å². The van der Waals surface area contributed by atoms with E-state index in [-0.39, 0.29) is 23.5 Å². The van der Waals surface area contributed by atoms with Crippen molar-refractivity contribution in [2.45, 2.75) is 19.0 Å². The number of carbonyl (C=O) groups is 1. The molecule has 1 aliphatic rings.